The van der Waals surface area contributed by atoms with E-state index >= 15 is 0 Å². The van der Waals surface area contributed by atoms with Gasteiger partial charge in [-0.1, -0.05) is 19.3 Å². The van der Waals surface area contributed by atoms with E-state index in [-0.39, 0.29) is 24.0 Å². The number of rotatable bonds is 3. The van der Waals surface area contributed by atoms with E-state index in [0.717, 1.165) is 25.7 Å². The summed E-state index contributed by atoms with van der Waals surface area (Å²) in [6.45, 7) is 4.02. The zero-order valence-electron chi connectivity index (χ0n) is 15.9. The van der Waals surface area contributed by atoms with Gasteiger partial charge in [0.1, 0.15) is 18.2 Å². The Morgan fingerprint density at radius 2 is 2.00 bits per heavy atom. The second kappa shape index (κ2) is 7.20. The predicted octanol–water partition coefficient (Wildman–Crippen LogP) is 1.87. The van der Waals surface area contributed by atoms with Crippen LogP contribution in [0.3, 0.4) is 0 Å². The number of likely N-dealkylation sites (tertiary alicyclic amines) is 1. The van der Waals surface area contributed by atoms with Gasteiger partial charge in [-0.2, -0.15) is 0 Å². The second-order valence-corrected chi connectivity index (χ2v) is 8.13. The van der Waals surface area contributed by atoms with Crippen LogP contribution in [0.1, 0.15) is 56.3 Å². The van der Waals surface area contributed by atoms with Crippen molar-refractivity contribution in [1.29, 1.82) is 0 Å². The largest absolute Gasteiger partial charge is 0.351 e. The molecular weight excluding hydrogens is 346 g/mol. The van der Waals surface area contributed by atoms with Gasteiger partial charge in [0.25, 0.3) is 5.91 Å². The Morgan fingerprint density at radius 1 is 1.22 bits per heavy atom. The molecule has 3 aliphatic rings. The Bertz CT molecular complexity index is 702. The van der Waals surface area contributed by atoms with E-state index in [1.165, 1.54) is 12.6 Å². The van der Waals surface area contributed by atoms with Gasteiger partial charge < -0.3 is 19.7 Å². The van der Waals surface area contributed by atoms with Crippen LogP contribution in [0.25, 0.3) is 0 Å². The van der Waals surface area contributed by atoms with Crippen LogP contribution in [0.2, 0.25) is 0 Å². The summed E-state index contributed by atoms with van der Waals surface area (Å²) < 4.78 is 12.0. The lowest BCUT2D eigenvalue weighted by atomic mass is 9.95. The van der Waals surface area contributed by atoms with Gasteiger partial charge in [-0.05, 0) is 38.8 Å². The summed E-state index contributed by atoms with van der Waals surface area (Å²) in [6.07, 6.45) is 7.86. The topological polar surface area (TPSA) is 80.8 Å². The summed E-state index contributed by atoms with van der Waals surface area (Å²) in [5.41, 5.74) is 0.465. The van der Waals surface area contributed by atoms with Crippen LogP contribution in [0.15, 0.2) is 24.5 Å². The van der Waals surface area contributed by atoms with Crippen LogP contribution in [0, 0.1) is 0 Å². The summed E-state index contributed by atoms with van der Waals surface area (Å²) in [7, 11) is 0. The molecule has 1 aromatic rings. The standard InChI is InChI=1S/C20H27N3O4/c1-20(2)26-15-12-23(19(25)13-7-6-10-21-11-13)16(17(15)27-20)18(24)22-14-8-4-3-5-9-14/h6-7,10-11,14-17H,3-5,8-9,12H2,1-2H3,(H,22,24)/t15-,16-,17-/m0/s1. The molecule has 7 nitrogen and oxygen atoms in total. The molecular formula is C20H27N3O4. The van der Waals surface area contributed by atoms with Crippen molar-refractivity contribution >= 4 is 11.8 Å². The normalized spacial score (nSPS) is 30.1. The first-order valence-corrected chi connectivity index (χ1v) is 9.82. The Balaban J connectivity index is 1.56. The van der Waals surface area contributed by atoms with Gasteiger partial charge in [0.15, 0.2) is 5.79 Å². The highest BCUT2D eigenvalue weighted by Gasteiger charge is 2.56. The zero-order chi connectivity index (χ0) is 19.0. The third kappa shape index (κ3) is 3.71. The maximum absolute atomic E-state index is 13.2. The van der Waals surface area contributed by atoms with Gasteiger partial charge >= 0.3 is 0 Å². The van der Waals surface area contributed by atoms with Crippen LogP contribution in [0.5, 0.6) is 0 Å². The molecule has 7 heteroatoms. The summed E-state index contributed by atoms with van der Waals surface area (Å²) >= 11 is 0. The van der Waals surface area contributed by atoms with Crippen LogP contribution in [-0.2, 0) is 14.3 Å². The number of aromatic nitrogens is 1. The lowest BCUT2D eigenvalue weighted by Gasteiger charge is -2.31. The number of hydrogen-bond acceptors (Lipinski definition) is 5. The summed E-state index contributed by atoms with van der Waals surface area (Å²) in [4.78, 5) is 31.8. The predicted molar refractivity (Wildman–Crippen MR) is 97.9 cm³/mol. The Kier molecular flexibility index (Phi) is 4.90. The molecule has 2 amide bonds. The summed E-state index contributed by atoms with van der Waals surface area (Å²) in [6, 6.07) is 2.92. The average Bonchev–Trinajstić information content (AvgIpc) is 3.14. The number of pyridine rings is 1. The number of ether oxygens (including phenoxy) is 2. The molecule has 0 spiro atoms. The van der Waals surface area contributed by atoms with E-state index in [1.807, 2.05) is 13.8 Å². The van der Waals surface area contributed by atoms with E-state index in [1.54, 1.807) is 23.2 Å². The van der Waals surface area contributed by atoms with E-state index in [4.69, 9.17) is 9.47 Å². The third-order valence-corrected chi connectivity index (χ3v) is 5.63. The Hall–Kier alpha value is -1.99. The smallest absolute Gasteiger partial charge is 0.256 e. The molecule has 1 aliphatic carbocycles. The number of fused-ring (bicyclic) bond motifs is 1. The van der Waals surface area contributed by atoms with E-state index < -0.39 is 17.9 Å². The van der Waals surface area contributed by atoms with Gasteiger partial charge in [0.05, 0.1) is 12.1 Å². The number of nitrogens with one attached hydrogen (secondary N) is 1. The fourth-order valence-corrected chi connectivity index (χ4v) is 4.45. The number of nitrogens with zero attached hydrogens (tertiary/aromatic N) is 2. The van der Waals surface area contributed by atoms with Gasteiger partial charge in [-0.25, -0.2) is 0 Å². The molecule has 0 bridgehead atoms. The minimum absolute atomic E-state index is 0.145. The minimum atomic E-state index is -0.748. The minimum Gasteiger partial charge on any atom is -0.351 e. The van der Waals surface area contributed by atoms with Crippen LogP contribution in [0.4, 0.5) is 0 Å². The highest BCUT2D eigenvalue weighted by atomic mass is 16.8. The molecule has 4 rings (SSSR count). The maximum atomic E-state index is 13.2. The maximum Gasteiger partial charge on any atom is 0.256 e. The molecule has 3 heterocycles. The van der Waals surface area contributed by atoms with Crippen molar-refractivity contribution < 1.29 is 19.1 Å². The number of hydrogen-bond donors (Lipinski definition) is 1. The molecule has 0 radical (unpaired) electrons. The molecule has 2 aliphatic heterocycles. The number of amides is 2. The molecule has 0 aromatic carbocycles. The van der Waals surface area contributed by atoms with Crippen molar-refractivity contribution in [1.82, 2.24) is 15.2 Å². The van der Waals surface area contributed by atoms with E-state index in [2.05, 4.69) is 10.3 Å². The van der Waals surface area contributed by atoms with Crippen LogP contribution < -0.4 is 5.32 Å². The van der Waals surface area contributed by atoms with Gasteiger partial charge in [0.2, 0.25) is 5.91 Å². The summed E-state index contributed by atoms with van der Waals surface area (Å²) in [5, 5.41) is 3.15. The van der Waals surface area contributed by atoms with Crippen molar-refractivity contribution in [2.45, 2.75) is 76.0 Å². The average molecular weight is 373 g/mol. The molecule has 146 valence electrons. The third-order valence-electron chi connectivity index (χ3n) is 5.63. The van der Waals surface area contributed by atoms with Crippen molar-refractivity contribution in [3.63, 3.8) is 0 Å². The first-order valence-electron chi connectivity index (χ1n) is 9.82. The molecule has 1 saturated carbocycles. The van der Waals surface area contributed by atoms with Gasteiger partial charge in [-0.3, -0.25) is 14.6 Å². The highest BCUT2D eigenvalue weighted by Crippen LogP contribution is 2.37. The van der Waals surface area contributed by atoms with Crippen molar-refractivity contribution in [3.8, 4) is 0 Å². The SMILES string of the molecule is CC1(C)O[C@H]2[C@H](CN(C(=O)c3cccnc3)[C@@H]2C(=O)NC2CCCCC2)O1. The fraction of sp³-hybridized carbons (Fsp3) is 0.650. The fourth-order valence-electron chi connectivity index (χ4n) is 4.45. The Morgan fingerprint density at radius 3 is 2.70 bits per heavy atom. The van der Waals surface area contributed by atoms with Gasteiger partial charge in [0, 0.05) is 18.4 Å². The van der Waals surface area contributed by atoms with Gasteiger partial charge in [-0.15, -0.1) is 0 Å². The zero-order valence-corrected chi connectivity index (χ0v) is 15.9. The Labute approximate surface area is 159 Å². The lowest BCUT2D eigenvalue weighted by molar-refractivity contribution is -0.162. The molecule has 2 saturated heterocycles. The first kappa shape index (κ1) is 18.4. The molecule has 27 heavy (non-hydrogen) atoms. The molecule has 0 unspecified atom stereocenters. The van der Waals surface area contributed by atoms with Crippen LogP contribution >= 0.6 is 0 Å². The van der Waals surface area contributed by atoms with E-state index in [9.17, 15) is 9.59 Å². The number of carbonyl (C=O) groups excluding carboxylic acids is 2. The van der Waals surface area contributed by atoms with Crippen molar-refractivity contribution in [3.05, 3.63) is 30.1 Å². The molecule has 1 N–H and O–H groups in total. The highest BCUT2D eigenvalue weighted by molar-refractivity contribution is 5.98. The monoisotopic (exact) mass is 373 g/mol. The van der Waals surface area contributed by atoms with Crippen LogP contribution in [-0.4, -0.2) is 58.3 Å². The number of carbonyl (C=O) groups is 2. The summed E-state index contributed by atoms with van der Waals surface area (Å²) in [5.74, 6) is -1.11. The molecule has 3 fully saturated rings. The lowest BCUT2D eigenvalue weighted by Crippen LogP contribution is -2.53. The van der Waals surface area contributed by atoms with Crippen molar-refractivity contribution in [2.24, 2.45) is 0 Å². The van der Waals surface area contributed by atoms with Crippen molar-refractivity contribution in [2.75, 3.05) is 6.54 Å². The molecule has 1 aromatic heterocycles. The molecule has 3 atom stereocenters. The van der Waals surface area contributed by atoms with E-state index in [0.29, 0.717) is 12.1 Å². The second-order valence-electron chi connectivity index (χ2n) is 8.13. The first-order chi connectivity index (χ1) is 12.9. The quantitative estimate of drug-likeness (QED) is 0.875.